The molecule has 0 spiro atoms. The lowest BCUT2D eigenvalue weighted by Crippen LogP contribution is -2.47. The van der Waals surface area contributed by atoms with Gasteiger partial charge in [0.25, 0.3) is 0 Å². The fourth-order valence-electron chi connectivity index (χ4n) is 3.94. The summed E-state index contributed by atoms with van der Waals surface area (Å²) >= 11 is 0. The molecule has 2 aromatic rings. The third-order valence-corrected chi connectivity index (χ3v) is 5.58. The number of nitrogens with zero attached hydrogens (tertiary/aromatic N) is 4. The van der Waals surface area contributed by atoms with Crippen LogP contribution >= 0.6 is 0 Å². The molecular formula is C23H28N4O5. The van der Waals surface area contributed by atoms with Gasteiger partial charge in [-0.1, -0.05) is 24.3 Å². The first-order valence-electron chi connectivity index (χ1n) is 10.7. The number of piperazine rings is 1. The number of hydrogen-bond donors (Lipinski definition) is 2. The van der Waals surface area contributed by atoms with Crippen LogP contribution in [0.1, 0.15) is 18.4 Å². The first-order valence-corrected chi connectivity index (χ1v) is 10.7. The molecule has 3 heterocycles. The summed E-state index contributed by atoms with van der Waals surface area (Å²) in [6.45, 7) is 6.01. The maximum absolute atomic E-state index is 12.3. The van der Waals surface area contributed by atoms with Crippen LogP contribution in [0, 0.1) is 0 Å². The van der Waals surface area contributed by atoms with E-state index in [0.717, 1.165) is 63.6 Å². The molecule has 9 heteroatoms. The van der Waals surface area contributed by atoms with Gasteiger partial charge in [-0.25, -0.2) is 14.6 Å². The smallest absolute Gasteiger partial charge is 0.414 e. The van der Waals surface area contributed by atoms with Crippen molar-refractivity contribution >= 4 is 29.4 Å². The number of amides is 1. The SMILES string of the molecule is O=C(O)C(=O)O.O=C1CCc2ccccc2N1CCCN1CCN(c2ccccn2)CC1. The Morgan fingerprint density at radius 1 is 0.875 bits per heavy atom. The molecule has 2 aliphatic heterocycles. The Bertz CT molecular complexity index is 917. The van der Waals surface area contributed by atoms with Crippen molar-refractivity contribution < 1.29 is 24.6 Å². The van der Waals surface area contributed by atoms with Crippen LogP contribution in [-0.2, 0) is 20.8 Å². The molecule has 2 aliphatic rings. The van der Waals surface area contributed by atoms with E-state index in [4.69, 9.17) is 19.8 Å². The van der Waals surface area contributed by atoms with Crippen LogP contribution in [0.4, 0.5) is 11.5 Å². The molecule has 0 aliphatic carbocycles. The van der Waals surface area contributed by atoms with Crippen LogP contribution in [0.5, 0.6) is 0 Å². The van der Waals surface area contributed by atoms with E-state index in [1.165, 1.54) is 5.56 Å². The highest BCUT2D eigenvalue weighted by Crippen LogP contribution is 2.27. The second-order valence-electron chi connectivity index (χ2n) is 7.65. The Balaban J connectivity index is 0.000000427. The van der Waals surface area contributed by atoms with Crippen LogP contribution in [-0.4, -0.2) is 77.2 Å². The van der Waals surface area contributed by atoms with Crippen molar-refractivity contribution in [3.63, 3.8) is 0 Å². The predicted octanol–water partition coefficient (Wildman–Crippen LogP) is 1.73. The maximum Gasteiger partial charge on any atom is 0.414 e. The summed E-state index contributed by atoms with van der Waals surface area (Å²) in [7, 11) is 0. The van der Waals surface area contributed by atoms with E-state index < -0.39 is 11.9 Å². The number of aliphatic carboxylic acids is 2. The number of carboxylic acid groups (broad SMARTS) is 2. The molecule has 0 radical (unpaired) electrons. The van der Waals surface area contributed by atoms with E-state index in [-0.39, 0.29) is 5.91 Å². The molecule has 0 saturated carbocycles. The van der Waals surface area contributed by atoms with Gasteiger partial charge in [0.1, 0.15) is 5.82 Å². The molecule has 1 amide bonds. The van der Waals surface area contributed by atoms with Crippen LogP contribution in [0.3, 0.4) is 0 Å². The number of aromatic nitrogens is 1. The molecule has 1 fully saturated rings. The number of hydrogen-bond acceptors (Lipinski definition) is 6. The van der Waals surface area contributed by atoms with Gasteiger partial charge in [0, 0.05) is 51.0 Å². The lowest BCUT2D eigenvalue weighted by atomic mass is 10.0. The van der Waals surface area contributed by atoms with E-state index in [1.807, 2.05) is 29.3 Å². The molecule has 1 aromatic carbocycles. The van der Waals surface area contributed by atoms with E-state index >= 15 is 0 Å². The zero-order chi connectivity index (χ0) is 22.9. The molecular weight excluding hydrogens is 412 g/mol. The number of fused-ring (bicyclic) bond motifs is 1. The van der Waals surface area contributed by atoms with Gasteiger partial charge < -0.3 is 20.0 Å². The number of carboxylic acids is 2. The molecule has 0 bridgehead atoms. The molecule has 0 unspecified atom stereocenters. The molecule has 170 valence electrons. The van der Waals surface area contributed by atoms with Gasteiger partial charge in [0.05, 0.1) is 0 Å². The number of pyridine rings is 1. The molecule has 2 N–H and O–H groups in total. The zero-order valence-corrected chi connectivity index (χ0v) is 17.9. The standard InChI is InChI=1S/C21H26N4O.C2H2O4/c26-21-10-9-18-6-1-2-7-19(18)25(21)13-5-12-23-14-16-24(17-15-23)20-8-3-4-11-22-20;3-1(4)2(5)6/h1-4,6-8,11H,5,9-10,12-17H2;(H,3,4)(H,5,6). The fraction of sp³-hybridized carbons (Fsp3) is 0.391. The van der Waals surface area contributed by atoms with Crippen molar-refractivity contribution in [2.24, 2.45) is 0 Å². The van der Waals surface area contributed by atoms with Crippen molar-refractivity contribution in [3.8, 4) is 0 Å². The van der Waals surface area contributed by atoms with E-state index in [1.54, 1.807) is 0 Å². The van der Waals surface area contributed by atoms with Crippen LogP contribution in [0.15, 0.2) is 48.7 Å². The molecule has 1 saturated heterocycles. The first-order chi connectivity index (χ1) is 15.5. The molecule has 9 nitrogen and oxygen atoms in total. The average Bonchev–Trinajstić information content (AvgIpc) is 2.82. The van der Waals surface area contributed by atoms with Crippen LogP contribution in [0.25, 0.3) is 0 Å². The van der Waals surface area contributed by atoms with E-state index in [0.29, 0.717) is 6.42 Å². The summed E-state index contributed by atoms with van der Waals surface area (Å²) < 4.78 is 0. The van der Waals surface area contributed by atoms with Crippen molar-refractivity contribution in [2.75, 3.05) is 49.1 Å². The normalized spacial score (nSPS) is 16.1. The lowest BCUT2D eigenvalue weighted by Gasteiger charge is -2.36. The summed E-state index contributed by atoms with van der Waals surface area (Å²) in [6, 6.07) is 14.4. The summed E-state index contributed by atoms with van der Waals surface area (Å²) in [5, 5.41) is 14.8. The fourth-order valence-corrected chi connectivity index (χ4v) is 3.94. The van der Waals surface area contributed by atoms with Gasteiger partial charge in [-0.15, -0.1) is 0 Å². The van der Waals surface area contributed by atoms with E-state index in [2.05, 4.69) is 39.0 Å². The minimum atomic E-state index is -1.82. The third kappa shape index (κ3) is 6.27. The number of anilines is 2. The second-order valence-corrected chi connectivity index (χ2v) is 7.65. The predicted molar refractivity (Wildman–Crippen MR) is 120 cm³/mol. The number of aryl methyl sites for hydroxylation is 1. The second kappa shape index (κ2) is 11.2. The molecule has 1 aromatic heterocycles. The monoisotopic (exact) mass is 440 g/mol. The number of carbonyl (C=O) groups is 3. The topological polar surface area (TPSA) is 114 Å². The minimum absolute atomic E-state index is 0.267. The Kier molecular flexibility index (Phi) is 8.15. The van der Waals surface area contributed by atoms with E-state index in [9.17, 15) is 4.79 Å². The first kappa shape index (κ1) is 23.2. The number of para-hydroxylation sites is 1. The highest BCUT2D eigenvalue weighted by atomic mass is 16.4. The van der Waals surface area contributed by atoms with Gasteiger partial charge in [-0.05, 0) is 43.1 Å². The summed E-state index contributed by atoms with van der Waals surface area (Å²) in [6.07, 6.45) is 4.39. The van der Waals surface area contributed by atoms with Crippen molar-refractivity contribution in [1.29, 1.82) is 0 Å². The Labute approximate surface area is 186 Å². The maximum atomic E-state index is 12.3. The van der Waals surface area contributed by atoms with Gasteiger partial charge >= 0.3 is 11.9 Å². The average molecular weight is 441 g/mol. The van der Waals surface area contributed by atoms with Crippen molar-refractivity contribution in [2.45, 2.75) is 19.3 Å². The summed E-state index contributed by atoms with van der Waals surface area (Å²) in [4.78, 5) is 41.8. The van der Waals surface area contributed by atoms with Gasteiger partial charge in [-0.3, -0.25) is 9.69 Å². The number of rotatable bonds is 5. The molecule has 0 atom stereocenters. The highest BCUT2D eigenvalue weighted by molar-refractivity contribution is 6.27. The molecule has 32 heavy (non-hydrogen) atoms. The Hall–Kier alpha value is -3.46. The summed E-state index contributed by atoms with van der Waals surface area (Å²) in [5.74, 6) is -2.31. The largest absolute Gasteiger partial charge is 0.473 e. The third-order valence-electron chi connectivity index (χ3n) is 5.58. The number of carbonyl (C=O) groups excluding carboxylic acids is 1. The Morgan fingerprint density at radius 2 is 1.56 bits per heavy atom. The Morgan fingerprint density at radius 3 is 2.22 bits per heavy atom. The summed E-state index contributed by atoms with van der Waals surface area (Å²) in [5.41, 5.74) is 2.42. The quantitative estimate of drug-likeness (QED) is 0.676. The zero-order valence-electron chi connectivity index (χ0n) is 17.9. The lowest BCUT2D eigenvalue weighted by molar-refractivity contribution is -0.159. The van der Waals surface area contributed by atoms with Crippen molar-refractivity contribution in [3.05, 3.63) is 54.2 Å². The highest BCUT2D eigenvalue weighted by Gasteiger charge is 2.24. The minimum Gasteiger partial charge on any atom is -0.473 e. The van der Waals surface area contributed by atoms with Gasteiger partial charge in [0.15, 0.2) is 0 Å². The van der Waals surface area contributed by atoms with Gasteiger partial charge in [-0.2, -0.15) is 0 Å². The number of benzene rings is 1. The van der Waals surface area contributed by atoms with Crippen LogP contribution < -0.4 is 9.80 Å². The van der Waals surface area contributed by atoms with Crippen LogP contribution in [0.2, 0.25) is 0 Å². The van der Waals surface area contributed by atoms with Gasteiger partial charge in [0.2, 0.25) is 5.91 Å². The van der Waals surface area contributed by atoms with Crippen molar-refractivity contribution in [1.82, 2.24) is 9.88 Å². The molecule has 4 rings (SSSR count).